The van der Waals surface area contributed by atoms with Gasteiger partial charge in [-0.05, 0) is 22.9 Å². The molecule has 3 rings (SSSR count). The summed E-state index contributed by atoms with van der Waals surface area (Å²) < 4.78 is 0. The Morgan fingerprint density at radius 3 is 3.00 bits per heavy atom. The average molecular weight is 267 g/mol. The van der Waals surface area contributed by atoms with Gasteiger partial charge in [0.15, 0.2) is 0 Å². The number of anilines is 1. The van der Waals surface area contributed by atoms with E-state index in [-0.39, 0.29) is 11.8 Å². The molecule has 0 bridgehead atoms. The first-order valence-corrected chi connectivity index (χ1v) is 6.44. The van der Waals surface area contributed by atoms with E-state index < -0.39 is 0 Å². The van der Waals surface area contributed by atoms with Crippen molar-refractivity contribution in [3.8, 4) is 0 Å². The van der Waals surface area contributed by atoms with Crippen molar-refractivity contribution in [1.82, 2.24) is 4.98 Å². The van der Waals surface area contributed by atoms with Crippen LogP contribution in [-0.4, -0.2) is 24.0 Å². The second-order valence-corrected chi connectivity index (χ2v) is 4.88. The number of carbonyl (C=O) groups is 1. The summed E-state index contributed by atoms with van der Waals surface area (Å²) in [6.07, 6.45) is 2.19. The van der Waals surface area contributed by atoms with Crippen LogP contribution in [-0.2, 0) is 4.79 Å². The van der Waals surface area contributed by atoms with Crippen molar-refractivity contribution in [1.29, 1.82) is 0 Å². The van der Waals surface area contributed by atoms with E-state index in [1.165, 1.54) is 0 Å². The lowest BCUT2D eigenvalue weighted by Gasteiger charge is -2.15. The number of hydrogen-bond acceptors (Lipinski definition) is 3. The monoisotopic (exact) mass is 267 g/mol. The van der Waals surface area contributed by atoms with E-state index >= 15 is 0 Å². The molecule has 0 aliphatic carbocycles. The van der Waals surface area contributed by atoms with Crippen molar-refractivity contribution >= 4 is 22.5 Å². The minimum Gasteiger partial charge on any atom is -0.297 e. The first-order chi connectivity index (χ1) is 9.78. The van der Waals surface area contributed by atoms with Crippen LogP contribution in [0.1, 0.15) is 6.42 Å². The van der Waals surface area contributed by atoms with Gasteiger partial charge in [0.1, 0.15) is 5.82 Å². The fourth-order valence-corrected chi connectivity index (χ4v) is 2.50. The van der Waals surface area contributed by atoms with Crippen molar-refractivity contribution < 1.29 is 4.79 Å². The molecule has 0 radical (unpaired) electrons. The molecule has 1 aromatic carbocycles. The number of benzene rings is 1. The van der Waals surface area contributed by atoms with Crippen LogP contribution in [0.4, 0.5) is 5.82 Å². The fraction of sp³-hybridized carbons (Fsp3) is 0.286. The Morgan fingerprint density at radius 1 is 1.40 bits per heavy atom. The molecule has 0 saturated carbocycles. The molecule has 1 aliphatic heterocycles. The van der Waals surface area contributed by atoms with E-state index in [9.17, 15) is 4.79 Å². The van der Waals surface area contributed by atoms with E-state index in [4.69, 9.17) is 5.53 Å². The molecular formula is C14H13N5O. The Morgan fingerprint density at radius 2 is 2.20 bits per heavy atom. The first-order valence-electron chi connectivity index (χ1n) is 6.44. The van der Waals surface area contributed by atoms with Crippen LogP contribution in [0.15, 0.2) is 41.6 Å². The van der Waals surface area contributed by atoms with Crippen LogP contribution >= 0.6 is 0 Å². The Kier molecular flexibility index (Phi) is 3.23. The highest BCUT2D eigenvalue weighted by molar-refractivity contribution is 5.96. The standard InChI is InChI=1S/C14H13N5O/c15-18-17-7-10-5-14(20)19(9-10)13-6-11-3-1-2-4-12(11)8-16-13/h1-4,6,8,10H,5,7,9H2. The molecule has 1 amide bonds. The van der Waals surface area contributed by atoms with Gasteiger partial charge in [-0.1, -0.05) is 29.4 Å². The summed E-state index contributed by atoms with van der Waals surface area (Å²) in [5.74, 6) is 0.773. The molecule has 1 fully saturated rings. The lowest BCUT2D eigenvalue weighted by molar-refractivity contribution is -0.117. The van der Waals surface area contributed by atoms with E-state index in [1.807, 2.05) is 30.3 Å². The van der Waals surface area contributed by atoms with Gasteiger partial charge in [-0.15, -0.1) is 0 Å². The van der Waals surface area contributed by atoms with Gasteiger partial charge in [-0.3, -0.25) is 9.69 Å². The highest BCUT2D eigenvalue weighted by Crippen LogP contribution is 2.26. The summed E-state index contributed by atoms with van der Waals surface area (Å²) in [6, 6.07) is 9.83. The maximum absolute atomic E-state index is 12.0. The molecule has 1 atom stereocenters. The number of azide groups is 1. The summed E-state index contributed by atoms with van der Waals surface area (Å²) in [5.41, 5.74) is 8.34. The Balaban J connectivity index is 1.87. The Bertz CT molecular complexity index is 708. The maximum Gasteiger partial charge on any atom is 0.228 e. The molecule has 0 spiro atoms. The van der Waals surface area contributed by atoms with Crippen LogP contribution in [0.5, 0.6) is 0 Å². The van der Waals surface area contributed by atoms with Crippen molar-refractivity contribution in [2.45, 2.75) is 6.42 Å². The van der Waals surface area contributed by atoms with Gasteiger partial charge in [0.05, 0.1) is 0 Å². The van der Waals surface area contributed by atoms with Gasteiger partial charge in [-0.25, -0.2) is 4.98 Å². The predicted molar refractivity (Wildman–Crippen MR) is 76.2 cm³/mol. The van der Waals surface area contributed by atoms with Gasteiger partial charge < -0.3 is 0 Å². The van der Waals surface area contributed by atoms with E-state index in [0.717, 1.165) is 10.8 Å². The molecular weight excluding hydrogens is 254 g/mol. The lowest BCUT2D eigenvalue weighted by Crippen LogP contribution is -2.25. The van der Waals surface area contributed by atoms with Crippen LogP contribution in [0, 0.1) is 5.92 Å². The average Bonchev–Trinajstić information content (AvgIpc) is 2.85. The van der Waals surface area contributed by atoms with Crippen LogP contribution in [0.3, 0.4) is 0 Å². The third kappa shape index (κ3) is 2.29. The summed E-state index contributed by atoms with van der Waals surface area (Å²) in [5, 5.41) is 5.66. The SMILES string of the molecule is [N-]=[N+]=NCC1CC(=O)N(c2cc3ccccc3cn2)C1. The van der Waals surface area contributed by atoms with Crippen LogP contribution in [0.2, 0.25) is 0 Å². The predicted octanol–water partition coefficient (Wildman–Crippen LogP) is 2.90. The number of hydrogen-bond donors (Lipinski definition) is 0. The summed E-state index contributed by atoms with van der Waals surface area (Å²) in [4.78, 5) is 20.8. The largest absolute Gasteiger partial charge is 0.297 e. The van der Waals surface area contributed by atoms with Crippen molar-refractivity contribution in [3.05, 3.63) is 47.0 Å². The quantitative estimate of drug-likeness (QED) is 0.486. The van der Waals surface area contributed by atoms with Gasteiger partial charge >= 0.3 is 0 Å². The zero-order valence-electron chi connectivity index (χ0n) is 10.8. The van der Waals surface area contributed by atoms with Crippen LogP contribution < -0.4 is 4.90 Å². The molecule has 0 N–H and O–H groups in total. The number of carbonyl (C=O) groups excluding carboxylic acids is 1. The van der Waals surface area contributed by atoms with E-state index in [2.05, 4.69) is 15.0 Å². The first kappa shape index (κ1) is 12.4. The Hall–Kier alpha value is -2.59. The molecule has 1 saturated heterocycles. The van der Waals surface area contributed by atoms with Gasteiger partial charge in [0.2, 0.25) is 5.91 Å². The van der Waals surface area contributed by atoms with Crippen molar-refractivity contribution in [2.75, 3.05) is 18.0 Å². The summed E-state index contributed by atoms with van der Waals surface area (Å²) in [7, 11) is 0. The van der Waals surface area contributed by atoms with Crippen LogP contribution in [0.25, 0.3) is 21.2 Å². The second kappa shape index (κ2) is 5.19. The molecule has 100 valence electrons. The molecule has 2 heterocycles. The summed E-state index contributed by atoms with van der Waals surface area (Å²) >= 11 is 0. The number of aromatic nitrogens is 1. The minimum atomic E-state index is 0.0333. The lowest BCUT2D eigenvalue weighted by atomic mass is 10.1. The number of fused-ring (bicyclic) bond motifs is 1. The third-order valence-corrected chi connectivity index (χ3v) is 3.50. The van der Waals surface area contributed by atoms with Gasteiger partial charge in [0, 0.05) is 36.0 Å². The number of amides is 1. The van der Waals surface area contributed by atoms with Crippen molar-refractivity contribution in [2.24, 2.45) is 11.0 Å². The normalized spacial score (nSPS) is 18.3. The van der Waals surface area contributed by atoms with Gasteiger partial charge in [0.25, 0.3) is 0 Å². The molecule has 1 unspecified atom stereocenters. The minimum absolute atomic E-state index is 0.0333. The number of rotatable bonds is 3. The zero-order chi connectivity index (χ0) is 13.9. The number of pyridine rings is 1. The van der Waals surface area contributed by atoms with E-state index in [1.54, 1.807) is 11.1 Å². The Labute approximate surface area is 115 Å². The van der Waals surface area contributed by atoms with Gasteiger partial charge in [-0.2, -0.15) is 0 Å². The third-order valence-electron chi connectivity index (χ3n) is 3.50. The summed E-state index contributed by atoms with van der Waals surface area (Å²) in [6.45, 7) is 0.912. The fourth-order valence-electron chi connectivity index (χ4n) is 2.50. The molecule has 6 nitrogen and oxygen atoms in total. The van der Waals surface area contributed by atoms with Crippen molar-refractivity contribution in [3.63, 3.8) is 0 Å². The molecule has 6 heteroatoms. The maximum atomic E-state index is 12.0. The molecule has 1 aromatic heterocycles. The molecule has 2 aromatic rings. The number of nitrogens with zero attached hydrogens (tertiary/aromatic N) is 5. The highest BCUT2D eigenvalue weighted by Gasteiger charge is 2.30. The molecule has 1 aliphatic rings. The topological polar surface area (TPSA) is 82.0 Å². The molecule has 20 heavy (non-hydrogen) atoms. The van der Waals surface area contributed by atoms with E-state index in [0.29, 0.717) is 25.3 Å². The zero-order valence-corrected chi connectivity index (χ0v) is 10.8. The smallest absolute Gasteiger partial charge is 0.228 e. The second-order valence-electron chi connectivity index (χ2n) is 4.88. The highest BCUT2D eigenvalue weighted by atomic mass is 16.2.